The maximum absolute atomic E-state index is 14.2. The molecule has 2 aromatic rings. The number of hydrogen-bond acceptors (Lipinski definition) is 3. The van der Waals surface area contributed by atoms with Crippen LogP contribution in [0.3, 0.4) is 0 Å². The van der Waals surface area contributed by atoms with Gasteiger partial charge in [-0.15, -0.1) is 0 Å². The van der Waals surface area contributed by atoms with Gasteiger partial charge in [-0.05, 0) is 25.0 Å². The molecule has 0 bridgehead atoms. The van der Waals surface area contributed by atoms with Gasteiger partial charge in [0.15, 0.2) is 0 Å². The fourth-order valence-electron chi connectivity index (χ4n) is 2.83. The summed E-state index contributed by atoms with van der Waals surface area (Å²) in [4.78, 5) is 6.56. The Balaban J connectivity index is 1.90. The van der Waals surface area contributed by atoms with Crippen LogP contribution in [0.25, 0.3) is 0 Å². The molecule has 4 nitrogen and oxygen atoms in total. The molecule has 21 heavy (non-hydrogen) atoms. The highest BCUT2D eigenvalue weighted by Gasteiger charge is 2.21. The lowest BCUT2D eigenvalue weighted by molar-refractivity contribution is 0.546. The lowest BCUT2D eigenvalue weighted by Gasteiger charge is -2.31. The molecule has 3 rings (SSSR count). The van der Waals surface area contributed by atoms with E-state index in [0.29, 0.717) is 13.0 Å². The van der Waals surface area contributed by atoms with Gasteiger partial charge in [0.05, 0.1) is 6.54 Å². The second-order valence-corrected chi connectivity index (χ2v) is 5.57. The van der Waals surface area contributed by atoms with E-state index in [1.165, 1.54) is 6.07 Å². The van der Waals surface area contributed by atoms with Gasteiger partial charge in [0, 0.05) is 42.8 Å². The minimum Gasteiger partial charge on any atom is -0.362 e. The van der Waals surface area contributed by atoms with Crippen LogP contribution in [0.4, 0.5) is 10.1 Å². The second kappa shape index (κ2) is 5.85. The summed E-state index contributed by atoms with van der Waals surface area (Å²) in [6.07, 6.45) is 5.23. The van der Waals surface area contributed by atoms with E-state index in [1.54, 1.807) is 6.07 Å². The third-order valence-electron chi connectivity index (χ3n) is 4.17. The number of anilines is 1. The summed E-state index contributed by atoms with van der Waals surface area (Å²) in [5.41, 5.74) is 7.71. The highest BCUT2D eigenvalue weighted by molar-refractivity contribution is 5.55. The van der Waals surface area contributed by atoms with E-state index in [-0.39, 0.29) is 11.9 Å². The lowest BCUT2D eigenvalue weighted by Crippen LogP contribution is -2.35. The van der Waals surface area contributed by atoms with Gasteiger partial charge in [-0.2, -0.15) is 0 Å². The number of imidazole rings is 1. The summed E-state index contributed by atoms with van der Waals surface area (Å²) in [7, 11) is 0. The minimum absolute atomic E-state index is 0.00701. The Morgan fingerprint density at radius 2 is 2.24 bits per heavy atom. The maximum Gasteiger partial charge on any atom is 0.128 e. The summed E-state index contributed by atoms with van der Waals surface area (Å²) in [6.45, 7) is 4.49. The number of nitrogens with two attached hydrogens (primary N) is 1. The highest BCUT2D eigenvalue weighted by Crippen LogP contribution is 2.27. The molecule has 0 fully saturated rings. The minimum atomic E-state index is -0.162. The Hall–Kier alpha value is -1.88. The number of halogens is 1. The quantitative estimate of drug-likeness (QED) is 0.939. The SMILES string of the molecule is CCC(N)Cc1c(F)cccc1N1CCn2ccnc2C1. The smallest absolute Gasteiger partial charge is 0.128 e. The fourth-order valence-corrected chi connectivity index (χ4v) is 2.83. The first-order valence-corrected chi connectivity index (χ1v) is 7.47. The van der Waals surface area contributed by atoms with Crippen LogP contribution < -0.4 is 10.6 Å². The summed E-state index contributed by atoms with van der Waals surface area (Å²) in [5.74, 6) is 0.863. The van der Waals surface area contributed by atoms with Gasteiger partial charge in [-0.3, -0.25) is 0 Å². The normalized spacial score (nSPS) is 15.9. The van der Waals surface area contributed by atoms with Crippen molar-refractivity contribution < 1.29 is 4.39 Å². The molecule has 1 unspecified atom stereocenters. The molecule has 0 amide bonds. The predicted octanol–water partition coefficient (Wildman–Crippen LogP) is 2.32. The summed E-state index contributed by atoms with van der Waals surface area (Å²) in [5, 5.41) is 0. The van der Waals surface area contributed by atoms with Gasteiger partial charge in [-0.1, -0.05) is 13.0 Å². The van der Waals surface area contributed by atoms with E-state index in [1.807, 2.05) is 25.4 Å². The molecule has 1 aromatic heterocycles. The van der Waals surface area contributed by atoms with Crippen LogP contribution in [0.5, 0.6) is 0 Å². The molecule has 5 heteroatoms. The summed E-state index contributed by atoms with van der Waals surface area (Å²) >= 11 is 0. The van der Waals surface area contributed by atoms with Crippen LogP contribution in [-0.4, -0.2) is 22.1 Å². The van der Waals surface area contributed by atoms with Crippen molar-refractivity contribution in [3.05, 3.63) is 47.8 Å². The molecule has 0 saturated carbocycles. The van der Waals surface area contributed by atoms with Crippen LogP contribution in [0, 0.1) is 5.82 Å². The predicted molar refractivity (Wildman–Crippen MR) is 81.6 cm³/mol. The number of aromatic nitrogens is 2. The molecule has 1 aliphatic heterocycles. The van der Waals surface area contributed by atoms with Crippen LogP contribution in [0.15, 0.2) is 30.6 Å². The first-order valence-electron chi connectivity index (χ1n) is 7.47. The van der Waals surface area contributed by atoms with Crippen molar-refractivity contribution in [3.8, 4) is 0 Å². The van der Waals surface area contributed by atoms with Crippen molar-refractivity contribution in [2.24, 2.45) is 5.73 Å². The van der Waals surface area contributed by atoms with Gasteiger partial charge in [0.1, 0.15) is 11.6 Å². The van der Waals surface area contributed by atoms with E-state index in [0.717, 1.165) is 36.6 Å². The van der Waals surface area contributed by atoms with E-state index in [2.05, 4.69) is 14.5 Å². The monoisotopic (exact) mass is 288 g/mol. The number of hydrogen-bond donors (Lipinski definition) is 1. The zero-order chi connectivity index (χ0) is 14.8. The third-order valence-corrected chi connectivity index (χ3v) is 4.17. The molecular weight excluding hydrogens is 267 g/mol. The molecule has 112 valence electrons. The molecular formula is C16H21FN4. The molecule has 1 atom stereocenters. The number of nitrogens with zero attached hydrogens (tertiary/aromatic N) is 3. The van der Waals surface area contributed by atoms with Crippen molar-refractivity contribution >= 4 is 5.69 Å². The molecule has 1 aliphatic rings. The zero-order valence-electron chi connectivity index (χ0n) is 12.3. The molecule has 0 radical (unpaired) electrons. The number of rotatable bonds is 4. The lowest BCUT2D eigenvalue weighted by atomic mass is 10.0. The van der Waals surface area contributed by atoms with Gasteiger partial charge in [0.2, 0.25) is 0 Å². The Kier molecular flexibility index (Phi) is 3.92. The molecule has 0 spiro atoms. The maximum atomic E-state index is 14.2. The van der Waals surface area contributed by atoms with Crippen molar-refractivity contribution in [2.45, 2.75) is 38.9 Å². The largest absolute Gasteiger partial charge is 0.362 e. The average Bonchev–Trinajstić information content (AvgIpc) is 2.96. The molecule has 2 N–H and O–H groups in total. The Bertz CT molecular complexity index is 622. The van der Waals surface area contributed by atoms with Crippen LogP contribution in [0.2, 0.25) is 0 Å². The van der Waals surface area contributed by atoms with E-state index >= 15 is 0 Å². The first kappa shape index (κ1) is 14.1. The standard InChI is InChI=1S/C16H21FN4/c1-2-12(18)10-13-14(17)4-3-5-15(13)21-9-8-20-7-6-19-16(20)11-21/h3-7,12H,2,8-11,18H2,1H3. The Labute approximate surface area is 124 Å². The Morgan fingerprint density at radius 1 is 1.38 bits per heavy atom. The van der Waals surface area contributed by atoms with Gasteiger partial charge >= 0.3 is 0 Å². The second-order valence-electron chi connectivity index (χ2n) is 5.57. The molecule has 2 heterocycles. The van der Waals surface area contributed by atoms with Crippen molar-refractivity contribution in [1.29, 1.82) is 0 Å². The summed E-state index contributed by atoms with van der Waals surface area (Å²) < 4.78 is 16.4. The molecule has 0 saturated heterocycles. The van der Waals surface area contributed by atoms with Crippen molar-refractivity contribution in [2.75, 3.05) is 11.4 Å². The number of fused-ring (bicyclic) bond motifs is 1. The number of benzene rings is 1. The average molecular weight is 288 g/mol. The highest BCUT2D eigenvalue weighted by atomic mass is 19.1. The molecule has 0 aliphatic carbocycles. The van der Waals surface area contributed by atoms with E-state index < -0.39 is 0 Å². The van der Waals surface area contributed by atoms with Crippen LogP contribution >= 0.6 is 0 Å². The van der Waals surface area contributed by atoms with Crippen LogP contribution in [-0.2, 0) is 19.5 Å². The fraction of sp³-hybridized carbons (Fsp3) is 0.438. The third kappa shape index (κ3) is 2.78. The van der Waals surface area contributed by atoms with Gasteiger partial charge in [0.25, 0.3) is 0 Å². The van der Waals surface area contributed by atoms with E-state index in [9.17, 15) is 4.39 Å². The topological polar surface area (TPSA) is 47.1 Å². The van der Waals surface area contributed by atoms with Crippen LogP contribution in [0.1, 0.15) is 24.7 Å². The molecule has 1 aromatic carbocycles. The zero-order valence-corrected chi connectivity index (χ0v) is 12.3. The first-order chi connectivity index (χ1) is 10.2. The van der Waals surface area contributed by atoms with E-state index in [4.69, 9.17) is 5.73 Å². The Morgan fingerprint density at radius 3 is 3.05 bits per heavy atom. The van der Waals surface area contributed by atoms with Crippen molar-refractivity contribution in [1.82, 2.24) is 9.55 Å². The summed E-state index contributed by atoms with van der Waals surface area (Å²) in [6, 6.07) is 5.27. The van der Waals surface area contributed by atoms with Crippen molar-refractivity contribution in [3.63, 3.8) is 0 Å². The van der Waals surface area contributed by atoms with Gasteiger partial charge < -0.3 is 15.2 Å². The van der Waals surface area contributed by atoms with Gasteiger partial charge in [-0.25, -0.2) is 9.37 Å².